The first kappa shape index (κ1) is 27.0. The lowest BCUT2D eigenvalue weighted by Gasteiger charge is -2.18. The minimum Gasteiger partial charge on any atom is -0.488 e. The van der Waals surface area contributed by atoms with E-state index in [0.717, 1.165) is 17.7 Å². The molecule has 0 saturated heterocycles. The minimum atomic E-state index is -1.08. The highest BCUT2D eigenvalue weighted by Gasteiger charge is 2.29. The Hall–Kier alpha value is -4.56. The molecule has 40 heavy (non-hydrogen) atoms. The zero-order valence-electron chi connectivity index (χ0n) is 21.9. The van der Waals surface area contributed by atoms with Gasteiger partial charge in [-0.3, -0.25) is 0 Å². The number of rotatable bonds is 9. The number of benzene rings is 4. The fraction of sp³-hybridized carbons (Fsp3) is 0.156. The van der Waals surface area contributed by atoms with Crippen LogP contribution in [-0.4, -0.2) is 24.3 Å². The summed E-state index contributed by atoms with van der Waals surface area (Å²) in [6.45, 7) is 2.14. The molecule has 5 nitrogen and oxygen atoms in total. The Morgan fingerprint density at radius 3 is 2.25 bits per heavy atom. The summed E-state index contributed by atoms with van der Waals surface area (Å²) >= 11 is 0. The van der Waals surface area contributed by atoms with Gasteiger partial charge < -0.3 is 18.8 Å². The van der Waals surface area contributed by atoms with Crippen LogP contribution >= 0.6 is 0 Å². The second-order valence-corrected chi connectivity index (χ2v) is 9.33. The van der Waals surface area contributed by atoms with E-state index in [4.69, 9.17) is 14.2 Å². The number of carbonyl (C=O) groups excluding carboxylic acids is 1. The lowest BCUT2D eigenvalue weighted by Crippen LogP contribution is -2.14. The predicted octanol–water partition coefficient (Wildman–Crippen LogP) is 7.60. The molecule has 0 aliphatic carbocycles. The van der Waals surface area contributed by atoms with Gasteiger partial charge in [0.1, 0.15) is 18.2 Å². The lowest BCUT2D eigenvalue weighted by atomic mass is 10.1. The predicted molar refractivity (Wildman–Crippen MR) is 146 cm³/mol. The lowest BCUT2D eigenvalue weighted by molar-refractivity contribution is 0.0733. The number of carbonyl (C=O) groups is 1. The molecule has 1 aromatic heterocycles. The van der Waals surface area contributed by atoms with Crippen molar-refractivity contribution in [2.45, 2.75) is 19.4 Å². The zero-order valence-corrected chi connectivity index (χ0v) is 21.9. The molecule has 8 heteroatoms. The molecule has 0 N–H and O–H groups in total. The van der Waals surface area contributed by atoms with Gasteiger partial charge in [-0.25, -0.2) is 18.0 Å². The van der Waals surface area contributed by atoms with Gasteiger partial charge in [-0.1, -0.05) is 55.5 Å². The van der Waals surface area contributed by atoms with Gasteiger partial charge in [0.15, 0.2) is 17.4 Å². The van der Waals surface area contributed by atoms with E-state index in [-0.39, 0.29) is 35.9 Å². The topological polar surface area (TPSA) is 49.7 Å². The van der Waals surface area contributed by atoms with Gasteiger partial charge in [0, 0.05) is 30.8 Å². The summed E-state index contributed by atoms with van der Waals surface area (Å²) in [7, 11) is 1.52. The second kappa shape index (κ2) is 11.7. The molecule has 1 atom stereocenters. The maximum atomic E-state index is 15.1. The number of fused-ring (bicyclic) bond motifs is 1. The van der Waals surface area contributed by atoms with Crippen LogP contribution in [0.4, 0.5) is 13.2 Å². The maximum Gasteiger partial charge on any atom is 0.343 e. The molecule has 0 bridgehead atoms. The Morgan fingerprint density at radius 1 is 0.875 bits per heavy atom. The molecule has 4 aromatic carbocycles. The first-order valence-electron chi connectivity index (χ1n) is 12.6. The molecule has 0 spiro atoms. The van der Waals surface area contributed by atoms with Crippen LogP contribution < -0.4 is 9.47 Å². The maximum absolute atomic E-state index is 15.1. The number of aromatic nitrogens is 1. The molecular formula is C32H26F3NO4. The fourth-order valence-electron chi connectivity index (χ4n) is 4.69. The highest BCUT2D eigenvalue weighted by atomic mass is 19.2. The molecule has 5 rings (SSSR count). The number of methoxy groups -OCH3 is 1. The fourth-order valence-corrected chi connectivity index (χ4v) is 4.69. The summed E-state index contributed by atoms with van der Waals surface area (Å²) in [6.07, 6.45) is 0. The van der Waals surface area contributed by atoms with Crippen LogP contribution in [0.3, 0.4) is 0 Å². The van der Waals surface area contributed by atoms with Crippen LogP contribution in [0.1, 0.15) is 34.5 Å². The Balaban J connectivity index is 1.78. The summed E-state index contributed by atoms with van der Waals surface area (Å²) in [4.78, 5) is 13.3. The Kier molecular flexibility index (Phi) is 7.89. The van der Waals surface area contributed by atoms with E-state index in [1.165, 1.54) is 25.3 Å². The smallest absolute Gasteiger partial charge is 0.343 e. The summed E-state index contributed by atoms with van der Waals surface area (Å²) < 4.78 is 62.5. The number of ether oxygens (including phenoxy) is 3. The van der Waals surface area contributed by atoms with Crippen LogP contribution in [0.5, 0.6) is 11.5 Å². The van der Waals surface area contributed by atoms with Crippen LogP contribution in [0.25, 0.3) is 16.6 Å². The van der Waals surface area contributed by atoms with Crippen molar-refractivity contribution in [3.63, 3.8) is 0 Å². The van der Waals surface area contributed by atoms with E-state index < -0.39 is 29.3 Å². The van der Waals surface area contributed by atoms with E-state index in [1.807, 2.05) is 37.3 Å². The van der Waals surface area contributed by atoms with E-state index in [0.29, 0.717) is 16.6 Å². The highest BCUT2D eigenvalue weighted by Crippen LogP contribution is 2.45. The summed E-state index contributed by atoms with van der Waals surface area (Å²) in [5, 5.41) is 0.310. The monoisotopic (exact) mass is 545 g/mol. The standard InChI is InChI=1S/C32H26F3NO4/c1-20(18-38-2)30-31(40-32(37)22-11-7-4-8-12-22)29-27(36(30)24-13-14-25(34)26(35)17-24)15-23(33)16-28(29)39-19-21-9-5-3-6-10-21/h3-17,20H,18-19H2,1-2H3. The van der Waals surface area contributed by atoms with Gasteiger partial charge in [0.05, 0.1) is 28.8 Å². The van der Waals surface area contributed by atoms with Crippen LogP contribution in [0.2, 0.25) is 0 Å². The Morgan fingerprint density at radius 2 is 1.57 bits per heavy atom. The molecule has 0 fully saturated rings. The summed E-state index contributed by atoms with van der Waals surface area (Å²) in [5.41, 5.74) is 2.01. The van der Waals surface area contributed by atoms with Crippen molar-refractivity contribution in [2.75, 3.05) is 13.7 Å². The van der Waals surface area contributed by atoms with Crippen LogP contribution in [-0.2, 0) is 11.3 Å². The van der Waals surface area contributed by atoms with Crippen molar-refractivity contribution in [2.24, 2.45) is 0 Å². The number of nitrogens with zero attached hydrogens (tertiary/aromatic N) is 1. The molecule has 204 valence electrons. The molecule has 1 heterocycles. The van der Waals surface area contributed by atoms with Gasteiger partial charge in [-0.2, -0.15) is 0 Å². The van der Waals surface area contributed by atoms with Gasteiger partial charge >= 0.3 is 5.97 Å². The Labute approximate surface area is 229 Å². The zero-order chi connectivity index (χ0) is 28.2. The molecule has 5 aromatic rings. The third kappa shape index (κ3) is 5.44. The highest BCUT2D eigenvalue weighted by molar-refractivity contribution is 6.00. The normalized spacial score (nSPS) is 11.9. The average molecular weight is 546 g/mol. The SMILES string of the molecule is COCC(C)c1c(OC(=O)c2ccccc2)c2c(OCc3ccccc3)cc(F)cc2n1-c1ccc(F)c(F)c1. The number of esters is 1. The van der Waals surface area contributed by atoms with E-state index >= 15 is 4.39 Å². The van der Waals surface area contributed by atoms with E-state index in [9.17, 15) is 13.6 Å². The minimum absolute atomic E-state index is 0.112. The molecular weight excluding hydrogens is 519 g/mol. The third-order valence-electron chi connectivity index (χ3n) is 6.47. The van der Waals surface area contributed by atoms with Gasteiger partial charge in [-0.15, -0.1) is 0 Å². The molecule has 0 amide bonds. The van der Waals surface area contributed by atoms with Crippen LogP contribution in [0, 0.1) is 17.5 Å². The molecule has 1 unspecified atom stereocenters. The first-order valence-corrected chi connectivity index (χ1v) is 12.6. The van der Waals surface area contributed by atoms with Crippen LogP contribution in [0.15, 0.2) is 91.0 Å². The molecule has 0 aliphatic rings. The van der Waals surface area contributed by atoms with Crippen molar-refractivity contribution in [1.82, 2.24) is 4.57 Å². The Bertz CT molecular complexity index is 1650. The third-order valence-corrected chi connectivity index (χ3v) is 6.47. The first-order chi connectivity index (χ1) is 19.4. The van der Waals surface area contributed by atoms with Crippen molar-refractivity contribution in [3.8, 4) is 17.2 Å². The second-order valence-electron chi connectivity index (χ2n) is 9.33. The van der Waals surface area contributed by atoms with Gasteiger partial charge in [0.2, 0.25) is 0 Å². The summed E-state index contributed by atoms with van der Waals surface area (Å²) in [6, 6.07) is 23.6. The quantitative estimate of drug-likeness (QED) is 0.179. The van der Waals surface area contributed by atoms with Gasteiger partial charge in [0.25, 0.3) is 0 Å². The average Bonchev–Trinajstić information content (AvgIpc) is 3.28. The molecule has 0 saturated carbocycles. The number of halogens is 3. The van der Waals surface area contributed by atoms with Crippen molar-refractivity contribution >= 4 is 16.9 Å². The largest absolute Gasteiger partial charge is 0.488 e. The number of hydrogen-bond donors (Lipinski definition) is 0. The number of hydrogen-bond acceptors (Lipinski definition) is 4. The van der Waals surface area contributed by atoms with E-state index in [2.05, 4.69) is 0 Å². The van der Waals surface area contributed by atoms with Crippen molar-refractivity contribution in [3.05, 3.63) is 125 Å². The molecule has 0 radical (unpaired) electrons. The van der Waals surface area contributed by atoms with Crippen molar-refractivity contribution < 1.29 is 32.2 Å². The van der Waals surface area contributed by atoms with Crippen molar-refractivity contribution in [1.29, 1.82) is 0 Å². The van der Waals surface area contributed by atoms with E-state index in [1.54, 1.807) is 34.9 Å². The molecule has 0 aliphatic heterocycles. The summed E-state index contributed by atoms with van der Waals surface area (Å²) in [5.74, 6) is -3.56. The van der Waals surface area contributed by atoms with Gasteiger partial charge in [-0.05, 0) is 35.9 Å².